The second-order valence-corrected chi connectivity index (χ2v) is 6.50. The zero-order valence-electron chi connectivity index (χ0n) is 13.7. The molecule has 8 heteroatoms. The van der Waals surface area contributed by atoms with Crippen molar-refractivity contribution in [3.63, 3.8) is 0 Å². The molecule has 1 aliphatic rings. The fourth-order valence-corrected chi connectivity index (χ4v) is 3.39. The van der Waals surface area contributed by atoms with E-state index in [9.17, 15) is 4.79 Å². The summed E-state index contributed by atoms with van der Waals surface area (Å²) in [6, 6.07) is 8.42. The van der Waals surface area contributed by atoms with Crippen LogP contribution < -0.4 is 10.6 Å². The first kappa shape index (κ1) is 21.1. The number of carbonyl (C=O) groups is 1. The van der Waals surface area contributed by atoms with Gasteiger partial charge in [0.25, 0.3) is 0 Å². The number of amides is 1. The van der Waals surface area contributed by atoms with Gasteiger partial charge in [-0.3, -0.25) is 4.79 Å². The number of nitrogens with zero attached hydrogens (tertiary/aromatic N) is 2. The maximum absolute atomic E-state index is 12.3. The first-order chi connectivity index (χ1) is 10.8. The lowest BCUT2D eigenvalue weighted by Gasteiger charge is -2.13. The van der Waals surface area contributed by atoms with Crippen molar-refractivity contribution >= 4 is 53.5 Å². The first-order valence-electron chi connectivity index (χ1n) is 7.71. The Morgan fingerprint density at radius 1 is 1.42 bits per heavy atom. The molecule has 0 saturated carbocycles. The van der Waals surface area contributed by atoms with Crippen LogP contribution in [0.3, 0.4) is 0 Å². The average Bonchev–Trinajstić information content (AvgIpc) is 3.15. The highest BCUT2D eigenvalue weighted by Gasteiger charge is 2.16. The Morgan fingerprint density at radius 3 is 2.92 bits per heavy atom. The highest BCUT2D eigenvalue weighted by atomic mass is 35.5. The summed E-state index contributed by atoms with van der Waals surface area (Å²) in [4.78, 5) is 16.9. The maximum atomic E-state index is 12.3. The third-order valence-corrected chi connectivity index (χ3v) is 4.56. The van der Waals surface area contributed by atoms with Crippen molar-refractivity contribution in [2.45, 2.75) is 31.2 Å². The van der Waals surface area contributed by atoms with Crippen LogP contribution in [0.4, 0.5) is 0 Å². The molecule has 1 unspecified atom stereocenters. The average molecular weight is 391 g/mol. The molecule has 2 heterocycles. The number of halogens is 2. The van der Waals surface area contributed by atoms with Crippen molar-refractivity contribution < 1.29 is 4.79 Å². The lowest BCUT2D eigenvalue weighted by atomic mass is 10.2. The monoisotopic (exact) mass is 390 g/mol. The van der Waals surface area contributed by atoms with Crippen LogP contribution >= 0.6 is 36.6 Å². The molecule has 0 aliphatic carbocycles. The van der Waals surface area contributed by atoms with Crippen LogP contribution in [0, 0.1) is 0 Å². The molecule has 1 amide bonds. The minimum Gasteiger partial charge on any atom is -0.353 e. The second kappa shape index (κ2) is 10.1. The van der Waals surface area contributed by atoms with Crippen molar-refractivity contribution in [2.75, 3.05) is 19.3 Å². The molecule has 1 atom stereocenters. The molecule has 2 aromatic rings. The summed E-state index contributed by atoms with van der Waals surface area (Å²) in [5, 5.41) is 6.43. The number of aromatic nitrogens is 2. The van der Waals surface area contributed by atoms with Crippen LogP contribution in [-0.2, 0) is 17.1 Å². The number of imidazole rings is 1. The van der Waals surface area contributed by atoms with Crippen molar-refractivity contribution in [2.24, 2.45) is 0 Å². The molecule has 1 aromatic heterocycles. The van der Waals surface area contributed by atoms with Crippen LogP contribution in [0.5, 0.6) is 0 Å². The van der Waals surface area contributed by atoms with Gasteiger partial charge in [0.15, 0.2) is 0 Å². The minimum absolute atomic E-state index is 0. The van der Waals surface area contributed by atoms with E-state index in [1.54, 1.807) is 11.8 Å². The minimum atomic E-state index is 0. The Labute approximate surface area is 159 Å². The molecule has 24 heavy (non-hydrogen) atoms. The van der Waals surface area contributed by atoms with E-state index in [1.165, 1.54) is 6.42 Å². The molecular formula is C16H24Cl2N4OS. The van der Waals surface area contributed by atoms with Crippen molar-refractivity contribution in [3.8, 4) is 0 Å². The van der Waals surface area contributed by atoms with Gasteiger partial charge in [-0.25, -0.2) is 4.98 Å². The highest BCUT2D eigenvalue weighted by molar-refractivity contribution is 7.97. The number of fused-ring (bicyclic) bond motifs is 1. The van der Waals surface area contributed by atoms with Crippen molar-refractivity contribution in [1.82, 2.24) is 20.2 Å². The number of rotatable bonds is 6. The molecule has 0 spiro atoms. The lowest BCUT2D eigenvalue weighted by molar-refractivity contribution is -0.121. The van der Waals surface area contributed by atoms with Gasteiger partial charge >= 0.3 is 0 Å². The lowest BCUT2D eigenvalue weighted by Crippen LogP contribution is -2.38. The Kier molecular flexibility index (Phi) is 8.91. The fourth-order valence-electron chi connectivity index (χ4n) is 2.91. The van der Waals surface area contributed by atoms with E-state index < -0.39 is 0 Å². The van der Waals surface area contributed by atoms with Gasteiger partial charge in [-0.15, -0.1) is 24.8 Å². The topological polar surface area (TPSA) is 59.0 Å². The number of benzene rings is 1. The summed E-state index contributed by atoms with van der Waals surface area (Å²) >= 11 is 1.72. The number of hydrogen-bond donors (Lipinski definition) is 2. The van der Waals surface area contributed by atoms with Gasteiger partial charge in [0.2, 0.25) is 5.91 Å². The van der Waals surface area contributed by atoms with E-state index in [-0.39, 0.29) is 30.7 Å². The van der Waals surface area contributed by atoms with E-state index in [0.717, 1.165) is 35.6 Å². The van der Waals surface area contributed by atoms with E-state index in [2.05, 4.69) is 21.9 Å². The Morgan fingerprint density at radius 2 is 2.21 bits per heavy atom. The molecule has 134 valence electrons. The molecule has 1 fully saturated rings. The molecular weight excluding hydrogens is 367 g/mol. The maximum Gasteiger partial charge on any atom is 0.240 e. The molecule has 3 rings (SSSR count). The smallest absolute Gasteiger partial charge is 0.240 e. The second-order valence-electron chi connectivity index (χ2n) is 5.63. The van der Waals surface area contributed by atoms with Gasteiger partial charge in [-0.05, 0) is 37.8 Å². The third kappa shape index (κ3) is 5.02. The predicted octanol–water partition coefficient (Wildman–Crippen LogP) is 2.61. The Bertz CT molecular complexity index is 659. The number of carbonyl (C=O) groups excluding carboxylic acids is 1. The van der Waals surface area contributed by atoms with Crippen LogP contribution in [0.2, 0.25) is 0 Å². The molecule has 0 radical (unpaired) electrons. The number of hydrogen-bond acceptors (Lipinski definition) is 4. The number of nitrogens with one attached hydrogen (secondary N) is 2. The molecule has 2 N–H and O–H groups in total. The summed E-state index contributed by atoms with van der Waals surface area (Å²) in [6.45, 7) is 2.11. The summed E-state index contributed by atoms with van der Waals surface area (Å²) in [6.07, 6.45) is 4.39. The summed E-state index contributed by atoms with van der Waals surface area (Å²) in [5.74, 6) is 1.83. The summed E-state index contributed by atoms with van der Waals surface area (Å²) in [7, 11) is 0. The van der Waals surface area contributed by atoms with Gasteiger partial charge in [-0.1, -0.05) is 12.1 Å². The normalized spacial score (nSPS) is 16.5. The van der Waals surface area contributed by atoms with Crippen LogP contribution in [0.25, 0.3) is 11.0 Å². The highest BCUT2D eigenvalue weighted by Crippen LogP contribution is 2.18. The van der Waals surface area contributed by atoms with Crippen molar-refractivity contribution in [1.29, 1.82) is 0 Å². The van der Waals surface area contributed by atoms with E-state index >= 15 is 0 Å². The number of thioether (sulfide) groups is 1. The van der Waals surface area contributed by atoms with Gasteiger partial charge in [0, 0.05) is 12.6 Å². The first-order valence-corrected chi connectivity index (χ1v) is 9.10. The van der Waals surface area contributed by atoms with Gasteiger partial charge in [-0.2, -0.15) is 11.8 Å². The fraction of sp³-hybridized carbons (Fsp3) is 0.500. The SMILES string of the molecule is CSCc1nc2ccccc2n1CC(=O)NCC1CCCN1.Cl.Cl. The zero-order chi connectivity index (χ0) is 15.4. The molecule has 5 nitrogen and oxygen atoms in total. The molecule has 1 saturated heterocycles. The van der Waals surface area contributed by atoms with Gasteiger partial charge in [0.05, 0.1) is 16.8 Å². The molecule has 0 bridgehead atoms. The molecule has 1 aliphatic heterocycles. The predicted molar refractivity (Wildman–Crippen MR) is 105 cm³/mol. The van der Waals surface area contributed by atoms with Crippen LogP contribution in [0.1, 0.15) is 18.7 Å². The number of para-hydroxylation sites is 2. The molecule has 1 aromatic carbocycles. The van der Waals surface area contributed by atoms with E-state index in [4.69, 9.17) is 0 Å². The van der Waals surface area contributed by atoms with Crippen LogP contribution in [0.15, 0.2) is 24.3 Å². The van der Waals surface area contributed by atoms with Crippen LogP contribution in [-0.4, -0.2) is 40.8 Å². The van der Waals surface area contributed by atoms with E-state index in [1.807, 2.05) is 28.8 Å². The third-order valence-electron chi connectivity index (χ3n) is 4.02. The largest absolute Gasteiger partial charge is 0.353 e. The zero-order valence-corrected chi connectivity index (χ0v) is 16.1. The Balaban J connectivity index is 0.00000144. The standard InChI is InChI=1S/C16H22N4OS.2ClH/c1-22-11-15-19-13-6-2-3-7-14(13)20(15)10-16(21)18-9-12-5-4-8-17-12;;/h2-3,6-7,12,17H,4-5,8-11H2,1H3,(H,18,21);2*1H. The quantitative estimate of drug-likeness (QED) is 0.795. The van der Waals surface area contributed by atoms with E-state index in [0.29, 0.717) is 19.1 Å². The summed E-state index contributed by atoms with van der Waals surface area (Å²) in [5.41, 5.74) is 1.98. The van der Waals surface area contributed by atoms with Gasteiger partial charge < -0.3 is 15.2 Å². The summed E-state index contributed by atoms with van der Waals surface area (Å²) < 4.78 is 2.03. The Hall–Kier alpha value is -0.950. The van der Waals surface area contributed by atoms with Gasteiger partial charge in [0.1, 0.15) is 12.4 Å². The van der Waals surface area contributed by atoms with Crippen molar-refractivity contribution in [3.05, 3.63) is 30.1 Å².